The molecule has 0 aliphatic heterocycles. The van der Waals surface area contributed by atoms with Gasteiger partial charge in [-0.1, -0.05) is 11.6 Å². The van der Waals surface area contributed by atoms with E-state index in [2.05, 4.69) is 9.97 Å². The van der Waals surface area contributed by atoms with Crippen LogP contribution in [0.2, 0.25) is 5.02 Å². The lowest BCUT2D eigenvalue weighted by Gasteiger charge is -1.98. The average Bonchev–Trinajstić information content (AvgIpc) is 2.75. The average molecular weight is 265 g/mol. The van der Waals surface area contributed by atoms with Gasteiger partial charge >= 0.3 is 0 Å². The molecule has 0 amide bonds. The molecule has 1 N–H and O–H groups in total. The topological polar surface area (TPSA) is 28.7 Å². The summed E-state index contributed by atoms with van der Waals surface area (Å²) in [6, 6.07) is 8.64. The first-order chi connectivity index (χ1) is 8.63. The number of H-pyrrole nitrogens is 1. The molecule has 2 aromatic carbocycles. The Kier molecular flexibility index (Phi) is 2.52. The van der Waals surface area contributed by atoms with E-state index in [1.54, 1.807) is 12.1 Å². The normalized spacial score (nSPS) is 11.1. The van der Waals surface area contributed by atoms with E-state index in [0.717, 1.165) is 0 Å². The largest absolute Gasteiger partial charge is 0.338 e. The Labute approximate surface area is 106 Å². The van der Waals surface area contributed by atoms with E-state index < -0.39 is 5.82 Å². The first-order valence-corrected chi connectivity index (χ1v) is 5.62. The van der Waals surface area contributed by atoms with Gasteiger partial charge in [-0.15, -0.1) is 0 Å². The van der Waals surface area contributed by atoms with Crippen LogP contribution in [0.3, 0.4) is 0 Å². The minimum atomic E-state index is -0.513. The van der Waals surface area contributed by atoms with Crippen LogP contribution in [0.1, 0.15) is 0 Å². The van der Waals surface area contributed by atoms with Crippen LogP contribution in [-0.4, -0.2) is 9.97 Å². The van der Waals surface area contributed by atoms with Gasteiger partial charge in [-0.2, -0.15) is 0 Å². The smallest absolute Gasteiger partial charge is 0.142 e. The van der Waals surface area contributed by atoms with Crippen molar-refractivity contribution in [2.24, 2.45) is 0 Å². The van der Waals surface area contributed by atoms with Crippen molar-refractivity contribution in [1.82, 2.24) is 9.97 Å². The first-order valence-electron chi connectivity index (χ1n) is 5.24. The van der Waals surface area contributed by atoms with Crippen molar-refractivity contribution < 1.29 is 8.78 Å². The Morgan fingerprint density at radius 2 is 1.89 bits per heavy atom. The Morgan fingerprint density at radius 1 is 1.06 bits per heavy atom. The molecular weight excluding hydrogens is 258 g/mol. The molecule has 0 fully saturated rings. The van der Waals surface area contributed by atoms with Crippen LogP contribution < -0.4 is 0 Å². The lowest BCUT2D eigenvalue weighted by molar-refractivity contribution is 0.628. The number of hydrogen-bond donors (Lipinski definition) is 1. The second-order valence-corrected chi connectivity index (χ2v) is 4.28. The summed E-state index contributed by atoms with van der Waals surface area (Å²) in [4.78, 5) is 7.20. The van der Waals surface area contributed by atoms with Gasteiger partial charge in [0, 0.05) is 5.56 Å². The number of benzene rings is 2. The van der Waals surface area contributed by atoms with Crippen molar-refractivity contribution in [2.45, 2.75) is 0 Å². The number of rotatable bonds is 1. The van der Waals surface area contributed by atoms with E-state index >= 15 is 0 Å². The molecule has 0 saturated carbocycles. The van der Waals surface area contributed by atoms with E-state index in [-0.39, 0.29) is 10.8 Å². The zero-order chi connectivity index (χ0) is 12.7. The summed E-state index contributed by atoms with van der Waals surface area (Å²) in [5.41, 5.74) is 1.76. The van der Waals surface area contributed by atoms with Crippen LogP contribution >= 0.6 is 11.6 Å². The van der Waals surface area contributed by atoms with Gasteiger partial charge in [-0.3, -0.25) is 0 Å². The highest BCUT2D eigenvalue weighted by Gasteiger charge is 2.08. The maximum Gasteiger partial charge on any atom is 0.142 e. The number of aromatic nitrogens is 2. The van der Waals surface area contributed by atoms with Gasteiger partial charge in [0.25, 0.3) is 0 Å². The van der Waals surface area contributed by atoms with Gasteiger partial charge < -0.3 is 4.98 Å². The van der Waals surface area contributed by atoms with Crippen molar-refractivity contribution in [3.05, 3.63) is 53.1 Å². The third kappa shape index (κ3) is 1.84. The van der Waals surface area contributed by atoms with Crippen molar-refractivity contribution >= 4 is 22.6 Å². The third-order valence-electron chi connectivity index (χ3n) is 2.64. The molecule has 90 valence electrons. The Hall–Kier alpha value is -1.94. The Morgan fingerprint density at radius 3 is 2.67 bits per heavy atom. The van der Waals surface area contributed by atoms with Crippen molar-refractivity contribution in [3.8, 4) is 11.4 Å². The molecule has 0 saturated heterocycles. The number of imidazole rings is 1. The second kappa shape index (κ2) is 4.07. The van der Waals surface area contributed by atoms with E-state index in [9.17, 15) is 8.78 Å². The van der Waals surface area contributed by atoms with Crippen LogP contribution in [-0.2, 0) is 0 Å². The molecule has 1 aromatic heterocycles. The summed E-state index contributed by atoms with van der Waals surface area (Å²) < 4.78 is 26.4. The van der Waals surface area contributed by atoms with Gasteiger partial charge in [-0.05, 0) is 36.4 Å². The lowest BCUT2D eigenvalue weighted by atomic mass is 10.2. The highest BCUT2D eigenvalue weighted by Crippen LogP contribution is 2.24. The molecule has 3 aromatic rings. The monoisotopic (exact) mass is 264 g/mol. The van der Waals surface area contributed by atoms with Gasteiger partial charge in [0.15, 0.2) is 0 Å². The molecule has 2 nitrogen and oxygen atoms in total. The Balaban J connectivity index is 2.16. The minimum absolute atomic E-state index is 0.0564. The summed E-state index contributed by atoms with van der Waals surface area (Å²) >= 11 is 5.61. The second-order valence-electron chi connectivity index (χ2n) is 3.88. The number of nitrogens with one attached hydrogen (secondary N) is 1. The Bertz CT molecular complexity index is 737. The molecule has 18 heavy (non-hydrogen) atoms. The zero-order valence-corrected chi connectivity index (χ0v) is 9.80. The van der Waals surface area contributed by atoms with Gasteiger partial charge in [0.05, 0.1) is 16.1 Å². The predicted octanol–water partition coefficient (Wildman–Crippen LogP) is 4.16. The van der Waals surface area contributed by atoms with Crippen LogP contribution in [0.25, 0.3) is 22.4 Å². The number of fused-ring (bicyclic) bond motifs is 1. The fourth-order valence-corrected chi connectivity index (χ4v) is 1.88. The predicted molar refractivity (Wildman–Crippen MR) is 66.5 cm³/mol. The SMILES string of the molecule is Fc1ccc2nc(-c3ccc(Cl)c(F)c3)[nH]c2c1. The van der Waals surface area contributed by atoms with Crippen LogP contribution in [0, 0.1) is 11.6 Å². The number of nitrogens with zero attached hydrogens (tertiary/aromatic N) is 1. The molecule has 0 unspecified atom stereocenters. The maximum atomic E-state index is 13.4. The third-order valence-corrected chi connectivity index (χ3v) is 2.94. The summed E-state index contributed by atoms with van der Waals surface area (Å²) in [6.45, 7) is 0. The van der Waals surface area contributed by atoms with Crippen molar-refractivity contribution in [2.75, 3.05) is 0 Å². The summed E-state index contributed by atoms with van der Waals surface area (Å²) in [5, 5.41) is 0.0564. The fourth-order valence-electron chi connectivity index (χ4n) is 1.76. The van der Waals surface area contributed by atoms with E-state index in [1.807, 2.05) is 0 Å². The highest BCUT2D eigenvalue weighted by atomic mass is 35.5. The van der Waals surface area contributed by atoms with Crippen molar-refractivity contribution in [3.63, 3.8) is 0 Å². The molecule has 0 aliphatic rings. The van der Waals surface area contributed by atoms with Crippen LogP contribution in [0.4, 0.5) is 8.78 Å². The molecular formula is C13H7ClF2N2. The molecule has 0 spiro atoms. The van der Waals surface area contributed by atoms with Gasteiger partial charge in [-0.25, -0.2) is 13.8 Å². The minimum Gasteiger partial charge on any atom is -0.338 e. The van der Waals surface area contributed by atoms with E-state index in [4.69, 9.17) is 11.6 Å². The molecule has 0 bridgehead atoms. The molecule has 0 aliphatic carbocycles. The van der Waals surface area contributed by atoms with Gasteiger partial charge in [0.1, 0.15) is 17.5 Å². The van der Waals surface area contributed by atoms with Gasteiger partial charge in [0.2, 0.25) is 0 Å². The summed E-state index contributed by atoms with van der Waals surface area (Å²) in [5.74, 6) is -0.382. The maximum absolute atomic E-state index is 13.4. The summed E-state index contributed by atoms with van der Waals surface area (Å²) in [6.07, 6.45) is 0. The lowest BCUT2D eigenvalue weighted by Crippen LogP contribution is -1.83. The standard InChI is InChI=1S/C13H7ClF2N2/c14-9-3-1-7(5-10(9)16)13-17-11-4-2-8(15)6-12(11)18-13/h1-6H,(H,17,18). The molecule has 5 heteroatoms. The number of hydrogen-bond acceptors (Lipinski definition) is 1. The zero-order valence-electron chi connectivity index (χ0n) is 9.05. The highest BCUT2D eigenvalue weighted by molar-refractivity contribution is 6.30. The molecule has 0 atom stereocenters. The van der Waals surface area contributed by atoms with E-state index in [1.165, 1.54) is 24.3 Å². The quantitative estimate of drug-likeness (QED) is 0.702. The fraction of sp³-hybridized carbons (Fsp3) is 0. The molecule has 1 heterocycles. The van der Waals surface area contributed by atoms with E-state index in [0.29, 0.717) is 22.4 Å². The van der Waals surface area contributed by atoms with Crippen LogP contribution in [0.5, 0.6) is 0 Å². The molecule has 3 rings (SSSR count). The number of halogens is 3. The van der Waals surface area contributed by atoms with Crippen molar-refractivity contribution in [1.29, 1.82) is 0 Å². The molecule has 0 radical (unpaired) electrons. The number of aromatic amines is 1. The van der Waals surface area contributed by atoms with Crippen LogP contribution in [0.15, 0.2) is 36.4 Å². The first kappa shape index (κ1) is 11.2. The summed E-state index contributed by atoms with van der Waals surface area (Å²) in [7, 11) is 0.